The molecule has 0 saturated heterocycles. The highest BCUT2D eigenvalue weighted by atomic mass is 32.1. The standard InChI is InChI=1S/C16H21N3O3S2/c1-2-22-8-4-7-19(15(21)11-13-5-3-9-23-13)12-14(20)18-16-17-6-10-24-16/h3,5-6,9-10H,2,4,7-8,11-12H2,1H3,(H,17,18,20). The van der Waals surface area contributed by atoms with Crippen molar-refractivity contribution < 1.29 is 14.3 Å². The number of anilines is 1. The molecule has 0 atom stereocenters. The van der Waals surface area contributed by atoms with Gasteiger partial charge in [-0.2, -0.15) is 0 Å². The van der Waals surface area contributed by atoms with Crippen LogP contribution in [-0.4, -0.2) is 48.0 Å². The van der Waals surface area contributed by atoms with Crippen molar-refractivity contribution in [3.05, 3.63) is 34.0 Å². The van der Waals surface area contributed by atoms with Crippen LogP contribution in [0.5, 0.6) is 0 Å². The Labute approximate surface area is 149 Å². The minimum atomic E-state index is -0.235. The summed E-state index contributed by atoms with van der Waals surface area (Å²) in [6.07, 6.45) is 2.65. The zero-order chi connectivity index (χ0) is 17.2. The molecule has 2 aromatic heterocycles. The molecule has 0 aromatic carbocycles. The molecule has 6 nitrogen and oxygen atoms in total. The topological polar surface area (TPSA) is 71.5 Å². The highest BCUT2D eigenvalue weighted by Crippen LogP contribution is 2.12. The van der Waals surface area contributed by atoms with Gasteiger partial charge in [-0.05, 0) is 24.8 Å². The molecule has 2 aromatic rings. The van der Waals surface area contributed by atoms with Gasteiger partial charge in [-0.25, -0.2) is 4.98 Å². The van der Waals surface area contributed by atoms with Crippen LogP contribution >= 0.6 is 22.7 Å². The van der Waals surface area contributed by atoms with Crippen LogP contribution in [0.15, 0.2) is 29.1 Å². The van der Waals surface area contributed by atoms with Gasteiger partial charge < -0.3 is 15.0 Å². The monoisotopic (exact) mass is 367 g/mol. The number of thiophene rings is 1. The number of thiazole rings is 1. The molecule has 8 heteroatoms. The fraction of sp³-hybridized carbons (Fsp3) is 0.438. The van der Waals surface area contributed by atoms with E-state index in [1.165, 1.54) is 11.3 Å². The Morgan fingerprint density at radius 1 is 1.33 bits per heavy atom. The number of carbonyl (C=O) groups is 2. The van der Waals surface area contributed by atoms with Crippen molar-refractivity contribution in [1.82, 2.24) is 9.88 Å². The Morgan fingerprint density at radius 2 is 2.21 bits per heavy atom. The number of aromatic nitrogens is 1. The van der Waals surface area contributed by atoms with Crippen molar-refractivity contribution in [3.8, 4) is 0 Å². The molecule has 0 aliphatic heterocycles. The molecule has 0 radical (unpaired) electrons. The number of amides is 2. The molecule has 2 heterocycles. The predicted octanol–water partition coefficient (Wildman–Crippen LogP) is 2.64. The van der Waals surface area contributed by atoms with Crippen molar-refractivity contribution in [2.45, 2.75) is 19.8 Å². The maximum Gasteiger partial charge on any atom is 0.245 e. The smallest absolute Gasteiger partial charge is 0.245 e. The Hall–Kier alpha value is -1.77. The van der Waals surface area contributed by atoms with Gasteiger partial charge in [0.05, 0.1) is 13.0 Å². The second kappa shape index (κ2) is 10.2. The van der Waals surface area contributed by atoms with Gasteiger partial charge in [0.2, 0.25) is 11.8 Å². The van der Waals surface area contributed by atoms with Crippen LogP contribution in [0.3, 0.4) is 0 Å². The highest BCUT2D eigenvalue weighted by molar-refractivity contribution is 7.13. The molecule has 2 amide bonds. The summed E-state index contributed by atoms with van der Waals surface area (Å²) in [4.78, 5) is 31.3. The third-order valence-electron chi connectivity index (χ3n) is 3.19. The Balaban J connectivity index is 1.90. The van der Waals surface area contributed by atoms with E-state index < -0.39 is 0 Å². The fourth-order valence-electron chi connectivity index (χ4n) is 2.09. The molecular formula is C16H21N3O3S2. The lowest BCUT2D eigenvalue weighted by Gasteiger charge is -2.21. The summed E-state index contributed by atoms with van der Waals surface area (Å²) in [5.41, 5.74) is 0. The molecule has 0 fully saturated rings. The maximum atomic E-state index is 12.5. The van der Waals surface area contributed by atoms with Crippen LogP contribution < -0.4 is 5.32 Å². The Morgan fingerprint density at radius 3 is 2.88 bits per heavy atom. The number of nitrogens with one attached hydrogen (secondary N) is 1. The number of hydrogen-bond acceptors (Lipinski definition) is 6. The Bertz CT molecular complexity index is 615. The Kier molecular flexibility index (Phi) is 7.87. The van der Waals surface area contributed by atoms with E-state index in [2.05, 4.69) is 10.3 Å². The molecule has 0 bridgehead atoms. The quantitative estimate of drug-likeness (QED) is 0.655. The van der Waals surface area contributed by atoms with E-state index in [-0.39, 0.29) is 18.4 Å². The van der Waals surface area contributed by atoms with Crippen molar-refractivity contribution in [3.63, 3.8) is 0 Å². The molecular weight excluding hydrogens is 346 g/mol. The summed E-state index contributed by atoms with van der Waals surface area (Å²) in [7, 11) is 0. The van der Waals surface area contributed by atoms with E-state index in [9.17, 15) is 9.59 Å². The lowest BCUT2D eigenvalue weighted by atomic mass is 10.3. The van der Waals surface area contributed by atoms with Crippen LogP contribution in [0, 0.1) is 0 Å². The van der Waals surface area contributed by atoms with E-state index in [0.29, 0.717) is 37.7 Å². The average molecular weight is 367 g/mol. The van der Waals surface area contributed by atoms with Crippen molar-refractivity contribution in [1.29, 1.82) is 0 Å². The van der Waals surface area contributed by atoms with Crippen molar-refractivity contribution in [2.75, 3.05) is 31.6 Å². The number of rotatable bonds is 10. The van der Waals surface area contributed by atoms with Crippen molar-refractivity contribution in [2.24, 2.45) is 0 Å². The first-order chi connectivity index (χ1) is 11.7. The first-order valence-electron chi connectivity index (χ1n) is 7.76. The zero-order valence-electron chi connectivity index (χ0n) is 13.6. The van der Waals surface area contributed by atoms with E-state index in [1.807, 2.05) is 24.4 Å². The second-order valence-corrected chi connectivity index (χ2v) is 6.93. The molecule has 0 aliphatic rings. The average Bonchev–Trinajstić information content (AvgIpc) is 3.24. The summed E-state index contributed by atoms with van der Waals surface area (Å²) in [5, 5.41) is 6.99. The summed E-state index contributed by atoms with van der Waals surface area (Å²) in [6.45, 7) is 3.67. The summed E-state index contributed by atoms with van der Waals surface area (Å²) < 4.78 is 5.31. The zero-order valence-corrected chi connectivity index (χ0v) is 15.2. The van der Waals surface area contributed by atoms with E-state index in [1.54, 1.807) is 27.8 Å². The maximum absolute atomic E-state index is 12.5. The minimum absolute atomic E-state index is 0.0237. The van der Waals surface area contributed by atoms with E-state index >= 15 is 0 Å². The van der Waals surface area contributed by atoms with Crippen LogP contribution in [0.2, 0.25) is 0 Å². The SMILES string of the molecule is CCOCCCN(CC(=O)Nc1nccs1)C(=O)Cc1cccs1. The third kappa shape index (κ3) is 6.38. The van der Waals surface area contributed by atoms with Gasteiger partial charge in [0, 0.05) is 36.2 Å². The molecule has 130 valence electrons. The molecule has 0 spiro atoms. The minimum Gasteiger partial charge on any atom is -0.382 e. The molecule has 0 unspecified atom stereocenters. The highest BCUT2D eigenvalue weighted by Gasteiger charge is 2.18. The summed E-state index contributed by atoms with van der Waals surface area (Å²) in [6, 6.07) is 3.85. The largest absolute Gasteiger partial charge is 0.382 e. The fourth-order valence-corrected chi connectivity index (χ4v) is 3.33. The number of carbonyl (C=O) groups excluding carboxylic acids is 2. The van der Waals surface area contributed by atoms with Crippen LogP contribution in [0.1, 0.15) is 18.2 Å². The van der Waals surface area contributed by atoms with E-state index in [4.69, 9.17) is 4.74 Å². The third-order valence-corrected chi connectivity index (χ3v) is 4.76. The van der Waals surface area contributed by atoms with Gasteiger partial charge in [-0.3, -0.25) is 9.59 Å². The molecule has 0 aliphatic carbocycles. The predicted molar refractivity (Wildman–Crippen MR) is 96.5 cm³/mol. The normalized spacial score (nSPS) is 10.5. The summed E-state index contributed by atoms with van der Waals surface area (Å²) in [5.74, 6) is -0.288. The number of nitrogens with zero attached hydrogens (tertiary/aromatic N) is 2. The van der Waals surface area contributed by atoms with Gasteiger partial charge in [0.25, 0.3) is 0 Å². The molecule has 24 heavy (non-hydrogen) atoms. The van der Waals surface area contributed by atoms with Gasteiger partial charge in [-0.1, -0.05) is 6.07 Å². The molecule has 1 N–H and O–H groups in total. The lowest BCUT2D eigenvalue weighted by molar-refractivity contribution is -0.134. The molecule has 2 rings (SSSR count). The van der Waals surface area contributed by atoms with Gasteiger partial charge >= 0.3 is 0 Å². The van der Waals surface area contributed by atoms with Gasteiger partial charge in [-0.15, -0.1) is 22.7 Å². The van der Waals surface area contributed by atoms with Crippen LogP contribution in [-0.2, 0) is 20.7 Å². The number of ether oxygens (including phenoxy) is 1. The lowest BCUT2D eigenvalue weighted by Crippen LogP contribution is -2.39. The van der Waals surface area contributed by atoms with Gasteiger partial charge in [0.15, 0.2) is 5.13 Å². The second-order valence-electron chi connectivity index (χ2n) is 5.01. The first kappa shape index (κ1) is 18.6. The van der Waals surface area contributed by atoms with E-state index in [0.717, 1.165) is 4.88 Å². The van der Waals surface area contributed by atoms with Crippen LogP contribution in [0.4, 0.5) is 5.13 Å². The van der Waals surface area contributed by atoms with Gasteiger partial charge in [0.1, 0.15) is 0 Å². The summed E-state index contributed by atoms with van der Waals surface area (Å²) >= 11 is 2.89. The number of hydrogen-bond donors (Lipinski definition) is 1. The first-order valence-corrected chi connectivity index (χ1v) is 9.52. The van der Waals surface area contributed by atoms with Crippen LogP contribution in [0.25, 0.3) is 0 Å². The molecule has 0 saturated carbocycles. The van der Waals surface area contributed by atoms with Crippen molar-refractivity contribution >= 4 is 39.6 Å².